The number of carbonyl (C=O) groups is 1. The number of hydrazine groups is 1. The van der Waals surface area contributed by atoms with E-state index in [1.807, 2.05) is 0 Å². The van der Waals surface area contributed by atoms with Crippen LogP contribution in [0.15, 0.2) is 0 Å². The summed E-state index contributed by atoms with van der Waals surface area (Å²) in [5, 5.41) is 0. The normalized spacial score (nSPS) is 23.7. The van der Waals surface area contributed by atoms with Crippen molar-refractivity contribution in [3.8, 4) is 0 Å². The van der Waals surface area contributed by atoms with Crippen molar-refractivity contribution in [2.75, 3.05) is 27.2 Å². The molecular formula is C11H24N4O. The number of likely N-dealkylation sites (N-methyl/N-ethyl adjacent to an activating group) is 2. The van der Waals surface area contributed by atoms with E-state index in [1.54, 1.807) is 0 Å². The van der Waals surface area contributed by atoms with Crippen LogP contribution in [0.3, 0.4) is 0 Å². The van der Waals surface area contributed by atoms with Crippen molar-refractivity contribution in [1.29, 1.82) is 0 Å². The Morgan fingerprint density at radius 3 is 2.88 bits per heavy atom. The smallest absolute Gasteiger partial charge is 0.235 e. The monoisotopic (exact) mass is 228 g/mol. The lowest BCUT2D eigenvalue weighted by Gasteiger charge is -2.29. The van der Waals surface area contributed by atoms with Crippen LogP contribution in [-0.2, 0) is 4.79 Å². The molecule has 3 N–H and O–H groups in total. The second kappa shape index (κ2) is 6.18. The van der Waals surface area contributed by atoms with Gasteiger partial charge in [-0.05, 0) is 40.4 Å². The van der Waals surface area contributed by atoms with Gasteiger partial charge >= 0.3 is 0 Å². The molecule has 2 atom stereocenters. The molecule has 0 spiro atoms. The van der Waals surface area contributed by atoms with E-state index in [-0.39, 0.29) is 11.9 Å². The van der Waals surface area contributed by atoms with E-state index >= 15 is 0 Å². The van der Waals surface area contributed by atoms with Crippen LogP contribution in [0.5, 0.6) is 0 Å². The molecule has 0 saturated carbocycles. The standard InChI is InChI=1S/C11H24N4O/c1-9(7-11(16)13-12)15(3)8-10-5-4-6-14(10)2/h9-10H,4-8,12H2,1-3H3,(H,13,16). The number of amides is 1. The number of nitrogens with zero attached hydrogens (tertiary/aromatic N) is 2. The van der Waals surface area contributed by atoms with Crippen LogP contribution in [0.25, 0.3) is 0 Å². The zero-order valence-electron chi connectivity index (χ0n) is 10.6. The van der Waals surface area contributed by atoms with Crippen molar-refractivity contribution in [2.45, 2.75) is 38.3 Å². The van der Waals surface area contributed by atoms with Gasteiger partial charge in [-0.25, -0.2) is 5.84 Å². The molecule has 16 heavy (non-hydrogen) atoms. The zero-order valence-corrected chi connectivity index (χ0v) is 10.6. The van der Waals surface area contributed by atoms with Gasteiger partial charge < -0.3 is 9.80 Å². The minimum atomic E-state index is -0.0980. The van der Waals surface area contributed by atoms with Crippen LogP contribution < -0.4 is 11.3 Å². The van der Waals surface area contributed by atoms with E-state index < -0.39 is 0 Å². The van der Waals surface area contributed by atoms with Gasteiger partial charge in [0.05, 0.1) is 0 Å². The molecule has 1 fully saturated rings. The summed E-state index contributed by atoms with van der Waals surface area (Å²) < 4.78 is 0. The molecule has 5 heteroatoms. The van der Waals surface area contributed by atoms with Gasteiger partial charge in [0.2, 0.25) is 5.91 Å². The van der Waals surface area contributed by atoms with Crippen molar-refractivity contribution in [1.82, 2.24) is 15.2 Å². The highest BCUT2D eigenvalue weighted by Gasteiger charge is 2.24. The number of nitrogens with one attached hydrogen (secondary N) is 1. The molecule has 0 aromatic rings. The maximum Gasteiger partial charge on any atom is 0.235 e. The van der Waals surface area contributed by atoms with Crippen LogP contribution in [0, 0.1) is 0 Å². The third-order valence-electron chi connectivity index (χ3n) is 3.56. The number of rotatable bonds is 5. The van der Waals surface area contributed by atoms with E-state index in [0.717, 1.165) is 6.54 Å². The van der Waals surface area contributed by atoms with E-state index in [1.165, 1.54) is 19.4 Å². The Morgan fingerprint density at radius 2 is 2.38 bits per heavy atom. The Morgan fingerprint density at radius 1 is 1.69 bits per heavy atom. The van der Waals surface area contributed by atoms with Gasteiger partial charge in [0.1, 0.15) is 0 Å². The van der Waals surface area contributed by atoms with Crippen LogP contribution in [0.4, 0.5) is 0 Å². The fourth-order valence-corrected chi connectivity index (χ4v) is 2.21. The van der Waals surface area contributed by atoms with Gasteiger partial charge in [0, 0.05) is 25.0 Å². The number of carbonyl (C=O) groups excluding carboxylic acids is 1. The first-order valence-electron chi connectivity index (χ1n) is 5.94. The molecule has 1 amide bonds. The molecule has 0 radical (unpaired) electrons. The summed E-state index contributed by atoms with van der Waals surface area (Å²) in [6, 6.07) is 0.867. The molecule has 94 valence electrons. The van der Waals surface area contributed by atoms with Gasteiger partial charge in [0.25, 0.3) is 0 Å². The predicted octanol–water partition coefficient (Wildman–Crippen LogP) is -0.219. The highest BCUT2D eigenvalue weighted by Crippen LogP contribution is 2.16. The largest absolute Gasteiger partial charge is 0.302 e. The second-order valence-corrected chi connectivity index (χ2v) is 4.84. The van der Waals surface area contributed by atoms with E-state index in [0.29, 0.717) is 12.5 Å². The Bertz CT molecular complexity index is 234. The molecule has 1 rings (SSSR count). The van der Waals surface area contributed by atoms with E-state index in [9.17, 15) is 4.79 Å². The molecule has 0 aromatic heterocycles. The average Bonchev–Trinajstić information content (AvgIpc) is 2.64. The van der Waals surface area contributed by atoms with Crippen molar-refractivity contribution >= 4 is 5.91 Å². The number of nitrogens with two attached hydrogens (primary N) is 1. The van der Waals surface area contributed by atoms with Crippen LogP contribution in [0.2, 0.25) is 0 Å². The lowest BCUT2D eigenvalue weighted by Crippen LogP contribution is -2.43. The van der Waals surface area contributed by atoms with Crippen molar-refractivity contribution in [3.05, 3.63) is 0 Å². The van der Waals surface area contributed by atoms with Crippen LogP contribution >= 0.6 is 0 Å². The summed E-state index contributed by atoms with van der Waals surface area (Å²) in [6.45, 7) is 4.27. The van der Waals surface area contributed by atoms with E-state index in [2.05, 4.69) is 36.2 Å². The Balaban J connectivity index is 2.33. The summed E-state index contributed by atoms with van der Waals surface area (Å²) in [6.07, 6.45) is 3.01. The Labute approximate surface area is 97.9 Å². The lowest BCUT2D eigenvalue weighted by molar-refractivity contribution is -0.122. The fraction of sp³-hybridized carbons (Fsp3) is 0.909. The minimum absolute atomic E-state index is 0.0980. The Hall–Kier alpha value is -0.650. The number of likely N-dealkylation sites (tertiary alicyclic amines) is 1. The molecule has 1 saturated heterocycles. The van der Waals surface area contributed by atoms with Gasteiger partial charge in [-0.2, -0.15) is 0 Å². The summed E-state index contributed by atoms with van der Waals surface area (Å²) in [4.78, 5) is 15.8. The quantitative estimate of drug-likeness (QED) is 0.388. The summed E-state index contributed by atoms with van der Waals surface area (Å²) in [5.41, 5.74) is 2.18. The molecule has 1 aliphatic rings. The Kier molecular flexibility index (Phi) is 5.18. The zero-order chi connectivity index (χ0) is 12.1. The molecule has 0 bridgehead atoms. The maximum absolute atomic E-state index is 11.2. The van der Waals surface area contributed by atoms with Gasteiger partial charge in [-0.15, -0.1) is 0 Å². The van der Waals surface area contributed by atoms with Gasteiger partial charge in [-0.3, -0.25) is 10.2 Å². The second-order valence-electron chi connectivity index (χ2n) is 4.84. The highest BCUT2D eigenvalue weighted by molar-refractivity contribution is 5.75. The molecule has 1 heterocycles. The molecular weight excluding hydrogens is 204 g/mol. The third-order valence-corrected chi connectivity index (χ3v) is 3.56. The van der Waals surface area contributed by atoms with Crippen molar-refractivity contribution < 1.29 is 4.79 Å². The fourth-order valence-electron chi connectivity index (χ4n) is 2.21. The highest BCUT2D eigenvalue weighted by atomic mass is 16.2. The van der Waals surface area contributed by atoms with Crippen molar-refractivity contribution in [2.24, 2.45) is 5.84 Å². The molecule has 5 nitrogen and oxygen atoms in total. The average molecular weight is 228 g/mol. The van der Waals surface area contributed by atoms with E-state index in [4.69, 9.17) is 5.84 Å². The topological polar surface area (TPSA) is 61.6 Å². The molecule has 2 unspecified atom stereocenters. The SMILES string of the molecule is CC(CC(=O)NN)N(C)CC1CCCN1C. The van der Waals surface area contributed by atoms with Crippen molar-refractivity contribution in [3.63, 3.8) is 0 Å². The summed E-state index contributed by atoms with van der Waals surface area (Å²) >= 11 is 0. The van der Waals surface area contributed by atoms with Gasteiger partial charge in [0.15, 0.2) is 0 Å². The molecule has 0 aromatic carbocycles. The van der Waals surface area contributed by atoms with Crippen LogP contribution in [-0.4, -0.2) is 55.0 Å². The molecule has 1 aliphatic heterocycles. The maximum atomic E-state index is 11.2. The predicted molar refractivity (Wildman–Crippen MR) is 64.7 cm³/mol. The van der Waals surface area contributed by atoms with Crippen LogP contribution in [0.1, 0.15) is 26.2 Å². The third kappa shape index (κ3) is 3.73. The number of hydrogen-bond acceptors (Lipinski definition) is 4. The first-order valence-corrected chi connectivity index (χ1v) is 5.94. The first kappa shape index (κ1) is 13.4. The van der Waals surface area contributed by atoms with Gasteiger partial charge in [-0.1, -0.05) is 0 Å². The summed E-state index contributed by atoms with van der Waals surface area (Å²) in [5.74, 6) is 4.98. The lowest BCUT2D eigenvalue weighted by atomic mass is 10.1. The molecule has 0 aliphatic carbocycles. The summed E-state index contributed by atoms with van der Waals surface area (Å²) in [7, 11) is 4.24. The number of hydrogen-bond donors (Lipinski definition) is 2. The minimum Gasteiger partial charge on any atom is -0.302 e. The first-order chi connectivity index (χ1) is 7.54.